The molecule has 6 heteroatoms. The van der Waals surface area contributed by atoms with E-state index in [1.807, 2.05) is 36.4 Å². The number of likely N-dealkylation sites (tertiary alicyclic amines) is 1. The van der Waals surface area contributed by atoms with Crippen LogP contribution in [0.15, 0.2) is 59.9 Å². The van der Waals surface area contributed by atoms with Gasteiger partial charge < -0.3 is 15.5 Å². The maximum atomic E-state index is 12.2. The number of hydrogen-bond acceptors (Lipinski definition) is 3. The Labute approximate surface area is 148 Å². The van der Waals surface area contributed by atoms with Gasteiger partial charge >= 0.3 is 0 Å². The molecule has 1 aromatic carbocycles. The molecule has 0 saturated carbocycles. The lowest BCUT2D eigenvalue weighted by Gasteiger charge is -2.30. The predicted molar refractivity (Wildman–Crippen MR) is 101 cm³/mol. The Hall–Kier alpha value is -2.89. The van der Waals surface area contributed by atoms with E-state index in [4.69, 9.17) is 0 Å². The number of hydrogen-bond donors (Lipinski definition) is 2. The van der Waals surface area contributed by atoms with Crippen molar-refractivity contribution in [2.75, 3.05) is 30.3 Å². The van der Waals surface area contributed by atoms with Gasteiger partial charge in [-0.1, -0.05) is 18.2 Å². The van der Waals surface area contributed by atoms with E-state index >= 15 is 0 Å². The highest BCUT2D eigenvalue weighted by atomic mass is 16.1. The smallest absolute Gasteiger partial charge is 0.246 e. The highest BCUT2D eigenvalue weighted by Gasteiger charge is 2.15. The molecule has 0 spiro atoms. The van der Waals surface area contributed by atoms with E-state index in [2.05, 4.69) is 25.5 Å². The van der Waals surface area contributed by atoms with E-state index in [-0.39, 0.29) is 12.5 Å². The Morgan fingerprint density at radius 2 is 1.76 bits per heavy atom. The molecule has 2 aromatic rings. The van der Waals surface area contributed by atoms with Gasteiger partial charge in [0.15, 0.2) is 5.96 Å². The Kier molecular flexibility index (Phi) is 5.98. The van der Waals surface area contributed by atoms with Crippen molar-refractivity contribution in [1.29, 1.82) is 0 Å². The van der Waals surface area contributed by atoms with Crippen LogP contribution in [0.5, 0.6) is 0 Å². The van der Waals surface area contributed by atoms with E-state index < -0.39 is 0 Å². The fraction of sp³-hybridized carbons (Fsp3) is 0.316. The zero-order chi connectivity index (χ0) is 17.3. The lowest BCUT2D eigenvalue weighted by molar-refractivity contribution is -0.114. The number of benzene rings is 1. The second-order valence-electron chi connectivity index (χ2n) is 5.97. The van der Waals surface area contributed by atoms with Crippen molar-refractivity contribution in [2.45, 2.75) is 19.3 Å². The number of aliphatic imine (C=N–C) groups is 1. The lowest BCUT2D eigenvalue weighted by atomic mass is 10.1. The molecule has 0 bridgehead atoms. The molecule has 0 atom stereocenters. The van der Waals surface area contributed by atoms with Crippen molar-refractivity contribution in [3.63, 3.8) is 0 Å². The van der Waals surface area contributed by atoms with E-state index in [9.17, 15) is 4.79 Å². The molecule has 25 heavy (non-hydrogen) atoms. The van der Waals surface area contributed by atoms with Crippen LogP contribution in [0.3, 0.4) is 0 Å². The number of para-hydroxylation sites is 1. The second-order valence-corrected chi connectivity index (χ2v) is 5.97. The SMILES string of the molecule is O=C(CN=C(Nc1ccccc1)N1CCCCC1)Nc1cccnc1. The molecule has 130 valence electrons. The fourth-order valence-corrected chi connectivity index (χ4v) is 2.76. The van der Waals surface area contributed by atoms with Gasteiger partial charge in [-0.15, -0.1) is 0 Å². The van der Waals surface area contributed by atoms with Crippen LogP contribution in [0, 0.1) is 0 Å². The number of amides is 1. The van der Waals surface area contributed by atoms with Gasteiger partial charge in [-0.2, -0.15) is 0 Å². The third-order valence-electron chi connectivity index (χ3n) is 4.00. The average Bonchev–Trinajstić information content (AvgIpc) is 2.67. The molecule has 1 aliphatic rings. The van der Waals surface area contributed by atoms with Crippen LogP contribution in [-0.2, 0) is 4.79 Å². The first-order valence-electron chi connectivity index (χ1n) is 8.62. The third kappa shape index (κ3) is 5.31. The summed E-state index contributed by atoms with van der Waals surface area (Å²) in [5, 5.41) is 6.16. The standard InChI is InChI=1S/C19H23N5O/c25-18(22-17-10-7-11-20-14-17)15-21-19(24-12-5-2-6-13-24)23-16-8-3-1-4-9-16/h1,3-4,7-11,14H,2,5-6,12-13,15H2,(H,21,23)(H,22,25). The normalized spacial score (nSPS) is 14.9. The minimum absolute atomic E-state index is 0.0700. The fourth-order valence-electron chi connectivity index (χ4n) is 2.76. The number of nitrogens with one attached hydrogen (secondary N) is 2. The predicted octanol–water partition coefficient (Wildman–Crippen LogP) is 2.97. The van der Waals surface area contributed by atoms with Crippen molar-refractivity contribution in [3.05, 3.63) is 54.9 Å². The summed E-state index contributed by atoms with van der Waals surface area (Å²) in [5.41, 5.74) is 1.65. The Bertz CT molecular complexity index is 696. The van der Waals surface area contributed by atoms with Crippen LogP contribution in [0.25, 0.3) is 0 Å². The molecule has 6 nitrogen and oxygen atoms in total. The summed E-state index contributed by atoms with van der Waals surface area (Å²) in [4.78, 5) is 22.9. The number of aromatic nitrogens is 1. The summed E-state index contributed by atoms with van der Waals surface area (Å²) in [5.74, 6) is 0.601. The zero-order valence-electron chi connectivity index (χ0n) is 14.2. The Morgan fingerprint density at radius 3 is 2.48 bits per heavy atom. The van der Waals surface area contributed by atoms with Gasteiger partial charge in [0.05, 0.1) is 11.9 Å². The van der Waals surface area contributed by atoms with Crippen LogP contribution in [0.4, 0.5) is 11.4 Å². The molecule has 1 saturated heterocycles. The number of pyridine rings is 1. The van der Waals surface area contributed by atoms with Gasteiger partial charge in [0, 0.05) is 25.0 Å². The summed E-state index contributed by atoms with van der Waals surface area (Å²) >= 11 is 0. The van der Waals surface area contributed by atoms with Gasteiger partial charge in [-0.05, 0) is 43.5 Å². The molecule has 1 amide bonds. The molecule has 2 N–H and O–H groups in total. The zero-order valence-corrected chi connectivity index (χ0v) is 14.2. The molecular weight excluding hydrogens is 314 g/mol. The van der Waals surface area contributed by atoms with Crippen LogP contribution in [-0.4, -0.2) is 41.4 Å². The number of piperidine rings is 1. The maximum absolute atomic E-state index is 12.2. The minimum Gasteiger partial charge on any atom is -0.343 e. The van der Waals surface area contributed by atoms with Crippen molar-refractivity contribution in [3.8, 4) is 0 Å². The van der Waals surface area contributed by atoms with Crippen molar-refractivity contribution < 1.29 is 4.79 Å². The highest BCUT2D eigenvalue weighted by Crippen LogP contribution is 2.12. The van der Waals surface area contributed by atoms with Crippen molar-refractivity contribution in [1.82, 2.24) is 9.88 Å². The second kappa shape index (κ2) is 8.82. The minimum atomic E-state index is -0.155. The number of carbonyl (C=O) groups is 1. The van der Waals surface area contributed by atoms with Crippen LogP contribution >= 0.6 is 0 Å². The Balaban J connectivity index is 1.66. The monoisotopic (exact) mass is 337 g/mol. The Morgan fingerprint density at radius 1 is 1.00 bits per heavy atom. The largest absolute Gasteiger partial charge is 0.343 e. The van der Waals surface area contributed by atoms with E-state index in [0.29, 0.717) is 5.69 Å². The highest BCUT2D eigenvalue weighted by molar-refractivity contribution is 5.97. The van der Waals surface area contributed by atoms with Gasteiger partial charge in [-0.3, -0.25) is 9.78 Å². The number of anilines is 2. The first-order chi connectivity index (χ1) is 12.3. The molecule has 0 aliphatic carbocycles. The molecule has 1 fully saturated rings. The number of rotatable bonds is 4. The molecular formula is C19H23N5O. The number of nitrogens with zero attached hydrogens (tertiary/aromatic N) is 3. The first-order valence-corrected chi connectivity index (χ1v) is 8.62. The number of guanidine groups is 1. The molecule has 1 aliphatic heterocycles. The van der Waals surface area contributed by atoms with Gasteiger partial charge in [-0.25, -0.2) is 4.99 Å². The molecule has 2 heterocycles. The van der Waals surface area contributed by atoms with Crippen LogP contribution in [0.1, 0.15) is 19.3 Å². The summed E-state index contributed by atoms with van der Waals surface area (Å²) < 4.78 is 0. The quantitative estimate of drug-likeness (QED) is 0.665. The van der Waals surface area contributed by atoms with Crippen LogP contribution in [0.2, 0.25) is 0 Å². The number of carbonyl (C=O) groups excluding carboxylic acids is 1. The van der Waals surface area contributed by atoms with E-state index in [1.165, 1.54) is 6.42 Å². The van der Waals surface area contributed by atoms with E-state index in [0.717, 1.165) is 37.6 Å². The van der Waals surface area contributed by atoms with Crippen molar-refractivity contribution >= 4 is 23.2 Å². The van der Waals surface area contributed by atoms with Gasteiger partial charge in [0.2, 0.25) is 5.91 Å². The summed E-state index contributed by atoms with van der Waals surface area (Å²) in [6, 6.07) is 13.5. The topological polar surface area (TPSA) is 69.6 Å². The van der Waals surface area contributed by atoms with Gasteiger partial charge in [0.1, 0.15) is 6.54 Å². The molecule has 3 rings (SSSR count). The average molecular weight is 337 g/mol. The van der Waals surface area contributed by atoms with Crippen molar-refractivity contribution in [2.24, 2.45) is 4.99 Å². The third-order valence-corrected chi connectivity index (χ3v) is 4.00. The molecule has 1 aromatic heterocycles. The molecule has 0 unspecified atom stereocenters. The molecule has 0 radical (unpaired) electrons. The van der Waals surface area contributed by atoms with E-state index in [1.54, 1.807) is 18.5 Å². The maximum Gasteiger partial charge on any atom is 0.246 e. The summed E-state index contributed by atoms with van der Waals surface area (Å²) in [6.07, 6.45) is 6.84. The lowest BCUT2D eigenvalue weighted by Crippen LogP contribution is -2.40. The first kappa shape index (κ1) is 17.0. The summed E-state index contributed by atoms with van der Waals surface area (Å²) in [7, 11) is 0. The van der Waals surface area contributed by atoms with Gasteiger partial charge in [0.25, 0.3) is 0 Å². The summed E-state index contributed by atoms with van der Waals surface area (Å²) in [6.45, 7) is 1.99. The van der Waals surface area contributed by atoms with Crippen LogP contribution < -0.4 is 10.6 Å².